The van der Waals surface area contributed by atoms with E-state index in [1.807, 2.05) is 0 Å². The summed E-state index contributed by atoms with van der Waals surface area (Å²) in [6.45, 7) is 1.61. The molecular weight excluding hydrogens is 278 g/mol. The smallest absolute Gasteiger partial charge is 0.308 e. The lowest BCUT2D eigenvalue weighted by Gasteiger charge is -2.06. The van der Waals surface area contributed by atoms with Gasteiger partial charge in [-0.15, -0.1) is 0 Å². The molecule has 86 valence electrons. The number of rotatable bonds is 4. The Balaban J connectivity index is 3.34. The molecule has 0 heterocycles. The molecule has 0 bridgehead atoms. The van der Waals surface area contributed by atoms with E-state index in [-0.39, 0.29) is 17.7 Å². The highest BCUT2D eigenvalue weighted by Crippen LogP contribution is 2.26. The largest absolute Gasteiger partial charge is 0.481 e. The molecule has 0 aromatic heterocycles. The molecule has 1 N–H and O–H groups in total. The summed E-state index contributed by atoms with van der Waals surface area (Å²) >= 11 is 3.24. The molecule has 6 heteroatoms. The van der Waals surface area contributed by atoms with E-state index >= 15 is 0 Å². The summed E-state index contributed by atoms with van der Waals surface area (Å²) in [5, 5.41) is 20.1. The number of nitro groups is 1. The SMILES string of the molecule is Cc1cc(CBr)cc(CC(=O)O)c1[N+](=O)[O-]. The Bertz CT molecular complexity index is 445. The number of halogens is 1. The number of hydrogen-bond acceptors (Lipinski definition) is 3. The summed E-state index contributed by atoms with van der Waals surface area (Å²) in [5.41, 5.74) is 1.46. The quantitative estimate of drug-likeness (QED) is 0.524. The lowest BCUT2D eigenvalue weighted by molar-refractivity contribution is -0.386. The van der Waals surface area contributed by atoms with Crippen molar-refractivity contribution in [3.05, 3.63) is 38.9 Å². The Morgan fingerprint density at radius 3 is 2.62 bits per heavy atom. The van der Waals surface area contributed by atoms with E-state index in [0.717, 1.165) is 5.56 Å². The Morgan fingerprint density at radius 1 is 1.56 bits per heavy atom. The molecule has 0 saturated carbocycles. The lowest BCUT2D eigenvalue weighted by atomic mass is 10.0. The van der Waals surface area contributed by atoms with Crippen LogP contribution in [0.5, 0.6) is 0 Å². The van der Waals surface area contributed by atoms with Crippen molar-refractivity contribution in [2.45, 2.75) is 18.7 Å². The molecule has 0 amide bonds. The minimum atomic E-state index is -1.07. The van der Waals surface area contributed by atoms with E-state index in [9.17, 15) is 14.9 Å². The van der Waals surface area contributed by atoms with Crippen LogP contribution in [0.4, 0.5) is 5.69 Å². The van der Waals surface area contributed by atoms with E-state index < -0.39 is 10.9 Å². The number of carboxylic acid groups (broad SMARTS) is 1. The Hall–Kier alpha value is -1.43. The van der Waals surface area contributed by atoms with Crippen LogP contribution in [0.15, 0.2) is 12.1 Å². The summed E-state index contributed by atoms with van der Waals surface area (Å²) in [6, 6.07) is 3.23. The number of benzene rings is 1. The van der Waals surface area contributed by atoms with Crippen LogP contribution in [-0.4, -0.2) is 16.0 Å². The Labute approximate surface area is 100 Å². The monoisotopic (exact) mass is 287 g/mol. The van der Waals surface area contributed by atoms with Gasteiger partial charge in [0, 0.05) is 16.5 Å². The van der Waals surface area contributed by atoms with Crippen molar-refractivity contribution >= 4 is 27.6 Å². The average Bonchev–Trinajstić information content (AvgIpc) is 2.14. The zero-order valence-electron chi connectivity index (χ0n) is 8.57. The van der Waals surface area contributed by atoms with Crippen LogP contribution in [0.25, 0.3) is 0 Å². The molecule has 0 atom stereocenters. The summed E-state index contributed by atoms with van der Waals surface area (Å²) in [4.78, 5) is 20.9. The second kappa shape index (κ2) is 5.07. The summed E-state index contributed by atoms with van der Waals surface area (Å²) in [5.74, 6) is -1.07. The van der Waals surface area contributed by atoms with Crippen LogP contribution in [0.1, 0.15) is 16.7 Å². The summed E-state index contributed by atoms with van der Waals surface area (Å²) < 4.78 is 0. The molecule has 1 aromatic rings. The van der Waals surface area contributed by atoms with Gasteiger partial charge in [-0.2, -0.15) is 0 Å². The van der Waals surface area contributed by atoms with Gasteiger partial charge in [0.05, 0.1) is 11.3 Å². The fourth-order valence-electron chi connectivity index (χ4n) is 1.57. The van der Waals surface area contributed by atoms with E-state index in [1.165, 1.54) is 0 Å². The van der Waals surface area contributed by atoms with Crippen molar-refractivity contribution < 1.29 is 14.8 Å². The number of aryl methyl sites for hydroxylation is 1. The van der Waals surface area contributed by atoms with Gasteiger partial charge >= 0.3 is 5.97 Å². The maximum absolute atomic E-state index is 10.8. The van der Waals surface area contributed by atoms with Crippen molar-refractivity contribution in [1.82, 2.24) is 0 Å². The highest BCUT2D eigenvalue weighted by atomic mass is 79.9. The maximum Gasteiger partial charge on any atom is 0.308 e. The molecule has 0 aliphatic heterocycles. The zero-order valence-corrected chi connectivity index (χ0v) is 10.2. The first kappa shape index (κ1) is 12.6. The van der Waals surface area contributed by atoms with Gasteiger partial charge in [0.15, 0.2) is 0 Å². The Morgan fingerprint density at radius 2 is 2.19 bits per heavy atom. The van der Waals surface area contributed by atoms with Crippen molar-refractivity contribution in [3.63, 3.8) is 0 Å². The van der Waals surface area contributed by atoms with Crippen molar-refractivity contribution in [2.24, 2.45) is 0 Å². The number of nitrogens with zero attached hydrogens (tertiary/aromatic N) is 1. The van der Waals surface area contributed by atoms with Crippen LogP contribution in [0.2, 0.25) is 0 Å². The van der Waals surface area contributed by atoms with Gasteiger partial charge in [-0.1, -0.05) is 15.9 Å². The minimum Gasteiger partial charge on any atom is -0.481 e. The number of carboxylic acids is 1. The van der Waals surface area contributed by atoms with Gasteiger partial charge in [0.2, 0.25) is 0 Å². The molecule has 16 heavy (non-hydrogen) atoms. The molecule has 0 aliphatic rings. The molecule has 1 rings (SSSR count). The van der Waals surface area contributed by atoms with Crippen LogP contribution in [0, 0.1) is 17.0 Å². The second-order valence-corrected chi connectivity index (χ2v) is 3.94. The van der Waals surface area contributed by atoms with E-state index in [4.69, 9.17) is 5.11 Å². The van der Waals surface area contributed by atoms with Crippen LogP contribution >= 0.6 is 15.9 Å². The molecular formula is C10H10BrNO4. The van der Waals surface area contributed by atoms with Gasteiger partial charge < -0.3 is 5.11 Å². The predicted octanol–water partition coefficient (Wildman–Crippen LogP) is 2.43. The fourth-order valence-corrected chi connectivity index (χ4v) is 1.89. The van der Waals surface area contributed by atoms with Gasteiger partial charge in [-0.3, -0.25) is 14.9 Å². The first-order chi connectivity index (χ1) is 7.45. The fraction of sp³-hybridized carbons (Fsp3) is 0.300. The standard InChI is InChI=1S/C10H10BrNO4/c1-6-2-7(5-11)3-8(4-9(13)14)10(6)12(15)16/h2-3H,4-5H2,1H3,(H,13,14). The van der Waals surface area contributed by atoms with Gasteiger partial charge in [-0.05, 0) is 24.6 Å². The third kappa shape index (κ3) is 2.79. The maximum atomic E-state index is 10.8. The van der Waals surface area contributed by atoms with Crippen molar-refractivity contribution in [1.29, 1.82) is 0 Å². The molecule has 0 unspecified atom stereocenters. The zero-order chi connectivity index (χ0) is 12.3. The van der Waals surface area contributed by atoms with E-state index in [2.05, 4.69) is 15.9 Å². The Kier molecular flexibility index (Phi) is 4.00. The van der Waals surface area contributed by atoms with E-state index in [0.29, 0.717) is 10.9 Å². The number of aliphatic carboxylic acids is 1. The van der Waals surface area contributed by atoms with Crippen molar-refractivity contribution in [2.75, 3.05) is 0 Å². The first-order valence-corrected chi connectivity index (χ1v) is 5.62. The van der Waals surface area contributed by atoms with Gasteiger partial charge in [0.1, 0.15) is 0 Å². The third-order valence-electron chi connectivity index (χ3n) is 2.12. The molecule has 0 aliphatic carbocycles. The normalized spacial score (nSPS) is 10.1. The van der Waals surface area contributed by atoms with Crippen LogP contribution in [-0.2, 0) is 16.5 Å². The first-order valence-electron chi connectivity index (χ1n) is 4.50. The molecule has 0 fully saturated rings. The summed E-state index contributed by atoms with van der Waals surface area (Å²) in [7, 11) is 0. The summed E-state index contributed by atoms with van der Waals surface area (Å²) in [6.07, 6.45) is -0.335. The van der Waals surface area contributed by atoms with Gasteiger partial charge in [0.25, 0.3) is 5.69 Å². The third-order valence-corrected chi connectivity index (χ3v) is 2.77. The van der Waals surface area contributed by atoms with Crippen LogP contribution < -0.4 is 0 Å². The minimum absolute atomic E-state index is 0.105. The number of hydrogen-bond donors (Lipinski definition) is 1. The van der Waals surface area contributed by atoms with Gasteiger partial charge in [-0.25, -0.2) is 0 Å². The molecule has 0 radical (unpaired) electrons. The highest BCUT2D eigenvalue weighted by Gasteiger charge is 2.20. The number of carbonyl (C=O) groups is 1. The molecule has 5 nitrogen and oxygen atoms in total. The number of nitro benzene ring substituents is 1. The predicted molar refractivity (Wildman–Crippen MR) is 61.8 cm³/mol. The average molecular weight is 288 g/mol. The molecule has 1 aromatic carbocycles. The second-order valence-electron chi connectivity index (χ2n) is 3.38. The van der Waals surface area contributed by atoms with E-state index in [1.54, 1.807) is 19.1 Å². The molecule has 0 saturated heterocycles. The van der Waals surface area contributed by atoms with Crippen LogP contribution in [0.3, 0.4) is 0 Å². The molecule has 0 spiro atoms. The van der Waals surface area contributed by atoms with Crippen molar-refractivity contribution in [3.8, 4) is 0 Å². The highest BCUT2D eigenvalue weighted by molar-refractivity contribution is 9.08. The number of alkyl halides is 1. The topological polar surface area (TPSA) is 80.4 Å². The lowest BCUT2D eigenvalue weighted by Crippen LogP contribution is -2.06.